The van der Waals surface area contributed by atoms with Gasteiger partial charge in [0.05, 0.1) is 0 Å². The molecule has 2 heterocycles. The fourth-order valence-electron chi connectivity index (χ4n) is 4.07. The molecule has 2 N–H and O–H groups in total. The molecule has 1 fully saturated rings. The van der Waals surface area contributed by atoms with Gasteiger partial charge in [-0.05, 0) is 79.6 Å². The monoisotopic (exact) mass is 535 g/mol. The first kappa shape index (κ1) is 23.3. The maximum absolute atomic E-state index is 13.6. The van der Waals surface area contributed by atoms with Gasteiger partial charge >= 0.3 is 0 Å². The van der Waals surface area contributed by atoms with Crippen LogP contribution in [0, 0.1) is 5.82 Å². The Kier molecular flexibility index (Phi) is 6.40. The SMILES string of the molecule is C[C@@H]1OC(c2oc(-c3ccc(Br)cc3)nc2-c2ccc(F)cc2)N(CCc2ccc(N)cc2)C1=O. The van der Waals surface area contributed by atoms with E-state index in [-0.39, 0.29) is 11.7 Å². The molecule has 0 saturated carbocycles. The highest BCUT2D eigenvalue weighted by molar-refractivity contribution is 9.10. The number of halogens is 2. The van der Waals surface area contributed by atoms with E-state index >= 15 is 0 Å². The van der Waals surface area contributed by atoms with E-state index in [0.29, 0.717) is 41.6 Å². The van der Waals surface area contributed by atoms with Crippen LogP contribution in [0.2, 0.25) is 0 Å². The zero-order valence-electron chi connectivity index (χ0n) is 18.9. The number of hydrogen-bond donors (Lipinski definition) is 1. The Morgan fingerprint density at radius 2 is 1.66 bits per heavy atom. The maximum Gasteiger partial charge on any atom is 0.253 e. The van der Waals surface area contributed by atoms with Crippen LogP contribution in [0.5, 0.6) is 0 Å². The predicted octanol–water partition coefficient (Wildman–Crippen LogP) is 5.98. The number of oxazole rings is 1. The third-order valence-corrected chi connectivity index (χ3v) is 6.48. The minimum Gasteiger partial charge on any atom is -0.436 e. The lowest BCUT2D eigenvalue weighted by molar-refractivity contribution is -0.130. The van der Waals surface area contributed by atoms with Crippen molar-refractivity contribution < 1.29 is 18.3 Å². The van der Waals surface area contributed by atoms with Crippen LogP contribution in [0.15, 0.2) is 81.7 Å². The third-order valence-electron chi connectivity index (χ3n) is 5.95. The van der Waals surface area contributed by atoms with E-state index < -0.39 is 12.3 Å². The summed E-state index contributed by atoms with van der Waals surface area (Å²) in [7, 11) is 0. The molecule has 1 aliphatic heterocycles. The smallest absolute Gasteiger partial charge is 0.253 e. The van der Waals surface area contributed by atoms with Gasteiger partial charge in [-0.2, -0.15) is 0 Å². The van der Waals surface area contributed by atoms with Crippen molar-refractivity contribution in [3.8, 4) is 22.7 Å². The first-order valence-corrected chi connectivity index (χ1v) is 12.0. The van der Waals surface area contributed by atoms with Gasteiger partial charge in [0.1, 0.15) is 17.6 Å². The molecule has 0 bridgehead atoms. The van der Waals surface area contributed by atoms with Crippen LogP contribution in [0.25, 0.3) is 22.7 Å². The summed E-state index contributed by atoms with van der Waals surface area (Å²) in [6.07, 6.45) is -0.769. The molecule has 1 aliphatic rings. The van der Waals surface area contributed by atoms with E-state index in [4.69, 9.17) is 19.9 Å². The van der Waals surface area contributed by atoms with Gasteiger partial charge in [-0.1, -0.05) is 28.1 Å². The number of aromatic nitrogens is 1. The summed E-state index contributed by atoms with van der Waals surface area (Å²) in [5.41, 5.74) is 9.48. The molecule has 1 aromatic heterocycles. The molecule has 8 heteroatoms. The summed E-state index contributed by atoms with van der Waals surface area (Å²) in [6.45, 7) is 2.15. The summed E-state index contributed by atoms with van der Waals surface area (Å²) in [5.74, 6) is 0.320. The van der Waals surface area contributed by atoms with Crippen molar-refractivity contribution >= 4 is 27.5 Å². The topological polar surface area (TPSA) is 81.6 Å². The van der Waals surface area contributed by atoms with Crippen molar-refractivity contribution in [3.05, 3.63) is 94.4 Å². The quantitative estimate of drug-likeness (QED) is 0.307. The van der Waals surface area contributed by atoms with Crippen LogP contribution < -0.4 is 5.73 Å². The molecule has 178 valence electrons. The van der Waals surface area contributed by atoms with Gasteiger partial charge in [0, 0.05) is 27.8 Å². The zero-order chi connectivity index (χ0) is 24.5. The molecular weight excluding hydrogens is 513 g/mol. The Hall–Kier alpha value is -3.49. The van der Waals surface area contributed by atoms with E-state index in [1.165, 1.54) is 12.1 Å². The van der Waals surface area contributed by atoms with Crippen LogP contribution in [0.1, 0.15) is 24.5 Å². The molecular formula is C27H23BrFN3O3. The lowest BCUT2D eigenvalue weighted by atomic mass is 10.1. The van der Waals surface area contributed by atoms with Gasteiger partial charge in [-0.25, -0.2) is 9.37 Å². The average Bonchev–Trinajstić information content (AvgIpc) is 3.41. The van der Waals surface area contributed by atoms with Gasteiger partial charge in [0.2, 0.25) is 5.89 Å². The van der Waals surface area contributed by atoms with Crippen LogP contribution >= 0.6 is 15.9 Å². The highest BCUT2D eigenvalue weighted by atomic mass is 79.9. The van der Waals surface area contributed by atoms with E-state index in [2.05, 4.69) is 15.9 Å². The Morgan fingerprint density at radius 3 is 2.34 bits per heavy atom. The fraction of sp³-hybridized carbons (Fsp3) is 0.185. The molecule has 5 rings (SSSR count). The highest BCUT2D eigenvalue weighted by Crippen LogP contribution is 2.39. The molecule has 0 radical (unpaired) electrons. The van der Waals surface area contributed by atoms with Crippen molar-refractivity contribution in [2.45, 2.75) is 25.7 Å². The van der Waals surface area contributed by atoms with Crippen LogP contribution in [-0.4, -0.2) is 28.4 Å². The number of carbonyl (C=O) groups is 1. The zero-order valence-corrected chi connectivity index (χ0v) is 20.5. The molecule has 2 atom stereocenters. The summed E-state index contributed by atoms with van der Waals surface area (Å²) in [5, 5.41) is 0. The number of benzene rings is 3. The lowest BCUT2D eigenvalue weighted by Gasteiger charge is -2.22. The molecule has 3 aromatic carbocycles. The second-order valence-corrected chi connectivity index (χ2v) is 9.32. The van der Waals surface area contributed by atoms with E-state index in [9.17, 15) is 9.18 Å². The predicted molar refractivity (Wildman–Crippen MR) is 135 cm³/mol. The number of nitrogen functional groups attached to an aromatic ring is 1. The van der Waals surface area contributed by atoms with Crippen molar-refractivity contribution in [2.24, 2.45) is 0 Å². The number of nitrogens with two attached hydrogens (primary N) is 1. The largest absolute Gasteiger partial charge is 0.436 e. The number of anilines is 1. The van der Waals surface area contributed by atoms with Gasteiger partial charge in [0.15, 0.2) is 12.0 Å². The van der Waals surface area contributed by atoms with E-state index in [1.54, 1.807) is 24.0 Å². The molecule has 1 saturated heterocycles. The molecule has 1 amide bonds. The molecule has 35 heavy (non-hydrogen) atoms. The molecule has 0 spiro atoms. The molecule has 4 aromatic rings. The van der Waals surface area contributed by atoms with Gasteiger partial charge < -0.3 is 19.8 Å². The average molecular weight is 536 g/mol. The Labute approximate surface area is 210 Å². The van der Waals surface area contributed by atoms with Crippen molar-refractivity contribution in [1.29, 1.82) is 0 Å². The number of hydrogen-bond acceptors (Lipinski definition) is 5. The molecule has 0 aliphatic carbocycles. The minimum atomic E-state index is -0.761. The number of nitrogens with zero attached hydrogens (tertiary/aromatic N) is 2. The number of amides is 1. The Bertz CT molecular complexity index is 1340. The van der Waals surface area contributed by atoms with Crippen molar-refractivity contribution in [1.82, 2.24) is 9.88 Å². The summed E-state index contributed by atoms with van der Waals surface area (Å²) in [4.78, 5) is 19.4. The molecule has 1 unspecified atom stereocenters. The van der Waals surface area contributed by atoms with Gasteiger partial charge in [-0.15, -0.1) is 0 Å². The van der Waals surface area contributed by atoms with Crippen LogP contribution in [-0.2, 0) is 16.0 Å². The first-order valence-electron chi connectivity index (χ1n) is 11.2. The van der Waals surface area contributed by atoms with Gasteiger partial charge in [0.25, 0.3) is 5.91 Å². The number of carbonyl (C=O) groups excluding carboxylic acids is 1. The fourth-order valence-corrected chi connectivity index (χ4v) is 4.33. The number of rotatable bonds is 6. The summed E-state index contributed by atoms with van der Waals surface area (Å²) >= 11 is 3.44. The number of ether oxygens (including phenoxy) is 1. The van der Waals surface area contributed by atoms with Crippen LogP contribution in [0.3, 0.4) is 0 Å². The highest BCUT2D eigenvalue weighted by Gasteiger charge is 2.42. The first-order chi connectivity index (χ1) is 16.9. The van der Waals surface area contributed by atoms with Crippen molar-refractivity contribution in [3.63, 3.8) is 0 Å². The Morgan fingerprint density at radius 1 is 1.00 bits per heavy atom. The van der Waals surface area contributed by atoms with E-state index in [0.717, 1.165) is 15.6 Å². The van der Waals surface area contributed by atoms with Crippen LogP contribution in [0.4, 0.5) is 10.1 Å². The molecule has 6 nitrogen and oxygen atoms in total. The minimum absolute atomic E-state index is 0.128. The standard InChI is InChI=1S/C27H23BrFN3O3/c1-16-26(33)32(15-14-17-2-12-22(30)13-3-17)27(34-16)24-23(18-6-10-21(29)11-7-18)31-25(35-24)19-4-8-20(28)9-5-19/h2-13,16,27H,14-15,30H2,1H3/t16-,27?/m0/s1. The maximum atomic E-state index is 13.6. The third kappa shape index (κ3) is 4.85. The lowest BCUT2D eigenvalue weighted by Crippen LogP contribution is -2.32. The second-order valence-electron chi connectivity index (χ2n) is 8.40. The normalized spacial score (nSPS) is 17.8. The van der Waals surface area contributed by atoms with E-state index in [1.807, 2.05) is 48.5 Å². The van der Waals surface area contributed by atoms with Crippen molar-refractivity contribution in [2.75, 3.05) is 12.3 Å². The summed E-state index contributed by atoms with van der Waals surface area (Å²) in [6, 6.07) is 21.1. The van der Waals surface area contributed by atoms with Gasteiger partial charge in [-0.3, -0.25) is 4.79 Å². The second kappa shape index (κ2) is 9.64. The summed E-state index contributed by atoms with van der Waals surface area (Å²) < 4.78 is 26.9. The Balaban J connectivity index is 1.53.